The SMILES string of the molecule is O=C(Nc1ccccc1Br)C1=NCCN1. The van der Waals surface area contributed by atoms with E-state index in [9.17, 15) is 4.79 Å². The van der Waals surface area contributed by atoms with E-state index in [0.29, 0.717) is 12.4 Å². The first kappa shape index (κ1) is 10.2. The van der Waals surface area contributed by atoms with Crippen LogP contribution in [0.25, 0.3) is 0 Å². The van der Waals surface area contributed by atoms with Gasteiger partial charge >= 0.3 is 0 Å². The lowest BCUT2D eigenvalue weighted by atomic mass is 10.3. The second-order valence-corrected chi connectivity index (χ2v) is 3.95. The van der Waals surface area contributed by atoms with Gasteiger partial charge in [0.25, 0.3) is 5.91 Å². The van der Waals surface area contributed by atoms with E-state index in [1.165, 1.54) is 0 Å². The molecule has 0 spiro atoms. The number of anilines is 1. The summed E-state index contributed by atoms with van der Waals surface area (Å²) in [5, 5.41) is 5.69. The Morgan fingerprint density at radius 3 is 2.93 bits per heavy atom. The van der Waals surface area contributed by atoms with Crippen molar-refractivity contribution >= 4 is 33.4 Å². The second-order valence-electron chi connectivity index (χ2n) is 3.09. The number of para-hydroxylation sites is 1. The maximum atomic E-state index is 11.6. The van der Waals surface area contributed by atoms with Gasteiger partial charge in [-0.05, 0) is 28.1 Å². The Hall–Kier alpha value is -1.36. The summed E-state index contributed by atoms with van der Waals surface area (Å²) in [6.07, 6.45) is 0. The molecule has 0 fully saturated rings. The lowest BCUT2D eigenvalue weighted by Crippen LogP contribution is -2.32. The lowest BCUT2D eigenvalue weighted by molar-refractivity contribution is -0.110. The summed E-state index contributed by atoms with van der Waals surface area (Å²) in [5.74, 6) is 0.213. The second kappa shape index (κ2) is 4.44. The summed E-state index contributed by atoms with van der Waals surface area (Å²) < 4.78 is 0.858. The monoisotopic (exact) mass is 267 g/mol. The van der Waals surface area contributed by atoms with Gasteiger partial charge in [-0.3, -0.25) is 9.79 Å². The van der Waals surface area contributed by atoms with Gasteiger partial charge in [0, 0.05) is 11.0 Å². The average molecular weight is 268 g/mol. The van der Waals surface area contributed by atoms with Crippen LogP contribution in [0.5, 0.6) is 0 Å². The largest absolute Gasteiger partial charge is 0.364 e. The van der Waals surface area contributed by atoms with Crippen molar-refractivity contribution in [3.05, 3.63) is 28.7 Å². The predicted molar refractivity (Wildman–Crippen MR) is 63.1 cm³/mol. The predicted octanol–water partition coefficient (Wildman–Crippen LogP) is 1.39. The highest BCUT2D eigenvalue weighted by Crippen LogP contribution is 2.20. The van der Waals surface area contributed by atoms with Crippen molar-refractivity contribution in [2.24, 2.45) is 4.99 Å². The molecule has 1 aliphatic rings. The topological polar surface area (TPSA) is 53.5 Å². The van der Waals surface area contributed by atoms with Gasteiger partial charge in [0.15, 0.2) is 5.84 Å². The number of halogens is 1. The number of hydrogen-bond donors (Lipinski definition) is 2. The van der Waals surface area contributed by atoms with Crippen LogP contribution in [0.1, 0.15) is 0 Å². The molecule has 0 unspecified atom stereocenters. The third-order valence-corrected chi connectivity index (χ3v) is 2.70. The molecular weight excluding hydrogens is 258 g/mol. The molecule has 0 aliphatic carbocycles. The van der Waals surface area contributed by atoms with Gasteiger partial charge in [-0.25, -0.2) is 0 Å². The number of rotatable bonds is 2. The number of benzene rings is 1. The molecule has 1 aromatic carbocycles. The van der Waals surface area contributed by atoms with Crippen LogP contribution in [0.15, 0.2) is 33.7 Å². The number of amides is 1. The van der Waals surface area contributed by atoms with E-state index < -0.39 is 0 Å². The molecule has 0 atom stereocenters. The van der Waals surface area contributed by atoms with E-state index in [4.69, 9.17) is 0 Å². The normalized spacial score (nSPS) is 14.3. The van der Waals surface area contributed by atoms with E-state index in [0.717, 1.165) is 16.7 Å². The van der Waals surface area contributed by atoms with Crippen LogP contribution in [0.2, 0.25) is 0 Å². The standard InChI is InChI=1S/C10H10BrN3O/c11-7-3-1-2-4-8(7)14-10(15)9-12-5-6-13-9/h1-4H,5-6H2,(H,12,13)(H,14,15). The Kier molecular flexibility index (Phi) is 3.01. The van der Waals surface area contributed by atoms with Crippen molar-refractivity contribution in [3.8, 4) is 0 Å². The number of carbonyl (C=O) groups is 1. The maximum Gasteiger partial charge on any atom is 0.290 e. The van der Waals surface area contributed by atoms with Crippen LogP contribution in [0, 0.1) is 0 Å². The zero-order chi connectivity index (χ0) is 10.7. The van der Waals surface area contributed by atoms with E-state index in [2.05, 4.69) is 31.6 Å². The van der Waals surface area contributed by atoms with Gasteiger partial charge in [-0.2, -0.15) is 0 Å². The zero-order valence-corrected chi connectivity index (χ0v) is 9.54. The molecule has 1 amide bonds. The molecule has 2 N–H and O–H groups in total. The Balaban J connectivity index is 2.09. The van der Waals surface area contributed by atoms with Crippen LogP contribution >= 0.6 is 15.9 Å². The third-order valence-electron chi connectivity index (χ3n) is 2.01. The molecule has 15 heavy (non-hydrogen) atoms. The number of carbonyl (C=O) groups excluding carboxylic acids is 1. The Labute approximate surface area is 95.9 Å². The van der Waals surface area contributed by atoms with Crippen LogP contribution in [-0.4, -0.2) is 24.8 Å². The van der Waals surface area contributed by atoms with Crippen LogP contribution in [0.4, 0.5) is 5.69 Å². The quantitative estimate of drug-likeness (QED) is 0.851. The Bertz CT molecular complexity index is 417. The molecule has 2 rings (SSSR count). The van der Waals surface area contributed by atoms with Gasteiger partial charge in [0.05, 0.1) is 12.2 Å². The molecule has 1 aliphatic heterocycles. The molecule has 4 nitrogen and oxygen atoms in total. The minimum absolute atomic E-state index is 0.195. The third kappa shape index (κ3) is 2.36. The number of nitrogens with one attached hydrogen (secondary N) is 2. The number of amidine groups is 1. The Morgan fingerprint density at radius 1 is 1.47 bits per heavy atom. The van der Waals surface area contributed by atoms with Gasteiger partial charge in [-0.15, -0.1) is 0 Å². The smallest absolute Gasteiger partial charge is 0.290 e. The molecular formula is C10H10BrN3O. The summed E-state index contributed by atoms with van der Waals surface area (Å²) in [6, 6.07) is 7.46. The molecule has 1 heterocycles. The van der Waals surface area contributed by atoms with Crippen molar-refractivity contribution in [1.29, 1.82) is 0 Å². The average Bonchev–Trinajstić information content (AvgIpc) is 2.74. The van der Waals surface area contributed by atoms with E-state index in [1.54, 1.807) is 0 Å². The first-order valence-corrected chi connectivity index (χ1v) is 5.41. The van der Waals surface area contributed by atoms with Gasteiger partial charge in [0.1, 0.15) is 0 Å². The highest BCUT2D eigenvalue weighted by Gasteiger charge is 2.15. The van der Waals surface area contributed by atoms with E-state index >= 15 is 0 Å². The first-order chi connectivity index (χ1) is 7.27. The minimum atomic E-state index is -0.195. The van der Waals surface area contributed by atoms with E-state index in [-0.39, 0.29) is 5.91 Å². The van der Waals surface area contributed by atoms with Crippen molar-refractivity contribution in [1.82, 2.24) is 5.32 Å². The van der Waals surface area contributed by atoms with Gasteiger partial charge in [-0.1, -0.05) is 12.1 Å². The fourth-order valence-electron chi connectivity index (χ4n) is 1.29. The maximum absolute atomic E-state index is 11.6. The van der Waals surface area contributed by atoms with Gasteiger partial charge < -0.3 is 10.6 Å². The van der Waals surface area contributed by atoms with Crippen LogP contribution in [-0.2, 0) is 4.79 Å². The summed E-state index contributed by atoms with van der Waals surface area (Å²) in [5.41, 5.74) is 0.749. The molecule has 0 saturated carbocycles. The lowest BCUT2D eigenvalue weighted by Gasteiger charge is -2.06. The summed E-state index contributed by atoms with van der Waals surface area (Å²) in [7, 11) is 0. The fraction of sp³-hybridized carbons (Fsp3) is 0.200. The van der Waals surface area contributed by atoms with Gasteiger partial charge in [0.2, 0.25) is 0 Å². The molecule has 0 saturated heterocycles. The molecule has 78 valence electrons. The van der Waals surface area contributed by atoms with Crippen LogP contribution in [0.3, 0.4) is 0 Å². The summed E-state index contributed by atoms with van der Waals surface area (Å²) >= 11 is 3.36. The van der Waals surface area contributed by atoms with Crippen molar-refractivity contribution in [3.63, 3.8) is 0 Å². The zero-order valence-electron chi connectivity index (χ0n) is 7.96. The van der Waals surface area contributed by atoms with Crippen molar-refractivity contribution in [2.75, 3.05) is 18.4 Å². The van der Waals surface area contributed by atoms with Crippen LogP contribution < -0.4 is 10.6 Å². The molecule has 0 bridgehead atoms. The Morgan fingerprint density at radius 2 is 2.27 bits per heavy atom. The molecule has 0 radical (unpaired) electrons. The van der Waals surface area contributed by atoms with Crippen molar-refractivity contribution in [2.45, 2.75) is 0 Å². The molecule has 0 aromatic heterocycles. The number of hydrogen-bond acceptors (Lipinski definition) is 3. The summed E-state index contributed by atoms with van der Waals surface area (Å²) in [4.78, 5) is 15.7. The fourth-order valence-corrected chi connectivity index (χ4v) is 1.68. The summed E-state index contributed by atoms with van der Waals surface area (Å²) in [6.45, 7) is 1.40. The minimum Gasteiger partial charge on any atom is -0.364 e. The first-order valence-electron chi connectivity index (χ1n) is 4.61. The van der Waals surface area contributed by atoms with Crippen molar-refractivity contribution < 1.29 is 4.79 Å². The highest BCUT2D eigenvalue weighted by atomic mass is 79.9. The molecule has 5 heteroatoms. The highest BCUT2D eigenvalue weighted by molar-refractivity contribution is 9.10. The van der Waals surface area contributed by atoms with E-state index in [1.807, 2.05) is 24.3 Å². The number of nitrogens with zero attached hydrogens (tertiary/aromatic N) is 1. The number of aliphatic imine (C=N–C) groups is 1. The molecule has 1 aromatic rings.